The number of hydrogen-bond acceptors (Lipinski definition) is 8. The lowest BCUT2D eigenvalue weighted by molar-refractivity contribution is -0.131. The number of esters is 1. The van der Waals surface area contributed by atoms with E-state index in [-0.39, 0.29) is 37.2 Å². The summed E-state index contributed by atoms with van der Waals surface area (Å²) in [4.78, 5) is 36.5. The highest BCUT2D eigenvalue weighted by atomic mass is 16.5. The van der Waals surface area contributed by atoms with Gasteiger partial charge in [-0.15, -0.1) is 0 Å². The monoisotopic (exact) mass is 584 g/mol. The van der Waals surface area contributed by atoms with Gasteiger partial charge in [0.05, 0.1) is 30.5 Å². The Bertz CT molecular complexity index is 1450. The van der Waals surface area contributed by atoms with Crippen molar-refractivity contribution in [3.63, 3.8) is 0 Å². The van der Waals surface area contributed by atoms with E-state index in [9.17, 15) is 9.59 Å². The van der Waals surface area contributed by atoms with E-state index in [2.05, 4.69) is 27.8 Å². The van der Waals surface area contributed by atoms with Gasteiger partial charge in [0.1, 0.15) is 17.6 Å². The summed E-state index contributed by atoms with van der Waals surface area (Å²) in [7, 11) is 1.64. The number of carbonyl (C=O) groups is 2. The maximum absolute atomic E-state index is 13.3. The van der Waals surface area contributed by atoms with Gasteiger partial charge in [0.15, 0.2) is 6.73 Å². The second-order valence-corrected chi connectivity index (χ2v) is 11.7. The van der Waals surface area contributed by atoms with Crippen LogP contribution in [0.2, 0.25) is 0 Å². The fraction of sp³-hybridized carbons (Fsp3) is 0.441. The second-order valence-electron chi connectivity index (χ2n) is 11.7. The van der Waals surface area contributed by atoms with Crippen LogP contribution in [0, 0.1) is 6.92 Å². The number of pyridine rings is 1. The highest BCUT2D eigenvalue weighted by Gasteiger charge is 2.32. The van der Waals surface area contributed by atoms with Crippen molar-refractivity contribution in [2.75, 3.05) is 44.9 Å². The molecule has 3 aromatic rings. The van der Waals surface area contributed by atoms with Gasteiger partial charge in [-0.1, -0.05) is 24.3 Å². The van der Waals surface area contributed by atoms with Gasteiger partial charge in [0.2, 0.25) is 5.91 Å². The van der Waals surface area contributed by atoms with Gasteiger partial charge >= 0.3 is 5.97 Å². The van der Waals surface area contributed by atoms with Crippen LogP contribution in [0.3, 0.4) is 0 Å². The van der Waals surface area contributed by atoms with Gasteiger partial charge in [-0.2, -0.15) is 0 Å². The van der Waals surface area contributed by atoms with Crippen LogP contribution >= 0.6 is 0 Å². The number of rotatable bonds is 8. The van der Waals surface area contributed by atoms with Crippen LogP contribution in [0.1, 0.15) is 52.9 Å². The minimum atomic E-state index is -0.276. The average Bonchev–Trinajstić information content (AvgIpc) is 3.04. The lowest BCUT2D eigenvalue weighted by Crippen LogP contribution is -2.49. The summed E-state index contributed by atoms with van der Waals surface area (Å²) in [6.07, 6.45) is 5.84. The van der Waals surface area contributed by atoms with E-state index >= 15 is 0 Å². The van der Waals surface area contributed by atoms with Gasteiger partial charge in [0, 0.05) is 56.6 Å². The number of nitrogens with zero attached hydrogens (tertiary/aromatic N) is 4. The van der Waals surface area contributed by atoms with Gasteiger partial charge in [-0.3, -0.25) is 14.7 Å². The van der Waals surface area contributed by atoms with Crippen molar-refractivity contribution in [1.82, 2.24) is 14.8 Å². The number of methoxy groups -OCH3 is 1. The Morgan fingerprint density at radius 1 is 1.00 bits per heavy atom. The molecule has 6 rings (SSSR count). The van der Waals surface area contributed by atoms with Crippen molar-refractivity contribution >= 4 is 17.6 Å². The molecule has 0 spiro atoms. The lowest BCUT2D eigenvalue weighted by Gasteiger charge is -2.41. The molecule has 0 unspecified atom stereocenters. The zero-order valence-electron chi connectivity index (χ0n) is 25.0. The lowest BCUT2D eigenvalue weighted by atomic mass is 10.00. The Labute approximate surface area is 253 Å². The molecule has 1 amide bonds. The van der Waals surface area contributed by atoms with Gasteiger partial charge in [-0.25, -0.2) is 4.79 Å². The van der Waals surface area contributed by atoms with E-state index in [1.807, 2.05) is 53.6 Å². The fourth-order valence-electron chi connectivity index (χ4n) is 6.39. The average molecular weight is 585 g/mol. The number of fused-ring (bicyclic) bond motifs is 1. The number of para-hydroxylation sites is 1. The maximum atomic E-state index is 13.3. The van der Waals surface area contributed by atoms with E-state index in [0.29, 0.717) is 24.4 Å². The summed E-state index contributed by atoms with van der Waals surface area (Å²) in [5.41, 5.74) is 4.75. The third-order valence-corrected chi connectivity index (χ3v) is 8.95. The first kappa shape index (κ1) is 29.0. The number of piperidine rings is 2. The molecule has 226 valence electrons. The van der Waals surface area contributed by atoms with Crippen LogP contribution in [0.15, 0.2) is 60.8 Å². The SMILES string of the molecule is COc1cc(OC2CCN(Cc3ncccc3C)CC2)ccc1CC(=O)N1CCC(N2COC(=O)c3ccccc32)CC1. The quantitative estimate of drug-likeness (QED) is 0.355. The maximum Gasteiger partial charge on any atom is 0.341 e. The van der Waals surface area contributed by atoms with E-state index in [4.69, 9.17) is 14.2 Å². The number of anilines is 1. The van der Waals surface area contributed by atoms with Gasteiger partial charge in [0.25, 0.3) is 0 Å². The zero-order valence-corrected chi connectivity index (χ0v) is 25.0. The molecule has 4 heterocycles. The minimum Gasteiger partial charge on any atom is -0.496 e. The summed E-state index contributed by atoms with van der Waals surface area (Å²) in [6, 6.07) is 17.7. The molecule has 0 N–H and O–H groups in total. The zero-order chi connectivity index (χ0) is 29.8. The largest absolute Gasteiger partial charge is 0.496 e. The number of aromatic nitrogens is 1. The number of aryl methyl sites for hydroxylation is 1. The summed E-state index contributed by atoms with van der Waals surface area (Å²) < 4.78 is 17.4. The van der Waals surface area contributed by atoms with E-state index in [1.165, 1.54) is 5.56 Å². The first-order chi connectivity index (χ1) is 21.0. The van der Waals surface area contributed by atoms with Crippen LogP contribution in [0.25, 0.3) is 0 Å². The Morgan fingerprint density at radius 2 is 1.79 bits per heavy atom. The number of hydrogen-bond donors (Lipinski definition) is 0. The van der Waals surface area contributed by atoms with E-state index < -0.39 is 0 Å². The summed E-state index contributed by atoms with van der Waals surface area (Å²) in [6.45, 7) is 6.50. The molecule has 2 saturated heterocycles. The van der Waals surface area contributed by atoms with Gasteiger partial charge in [-0.05, 0) is 62.4 Å². The van der Waals surface area contributed by atoms with Crippen molar-refractivity contribution in [3.05, 3.63) is 83.2 Å². The molecule has 0 radical (unpaired) electrons. The molecular formula is C34H40N4O5. The molecule has 9 nitrogen and oxygen atoms in total. The summed E-state index contributed by atoms with van der Waals surface area (Å²) in [5.74, 6) is 1.26. The molecule has 3 aliphatic rings. The van der Waals surface area contributed by atoms with E-state index in [1.54, 1.807) is 13.2 Å². The van der Waals surface area contributed by atoms with Crippen LogP contribution in [0.5, 0.6) is 11.5 Å². The third kappa shape index (κ3) is 6.62. The smallest absolute Gasteiger partial charge is 0.341 e. The highest BCUT2D eigenvalue weighted by Crippen LogP contribution is 2.32. The molecule has 3 aliphatic heterocycles. The molecule has 43 heavy (non-hydrogen) atoms. The molecule has 1 aromatic heterocycles. The van der Waals surface area contributed by atoms with E-state index in [0.717, 1.165) is 68.0 Å². The number of benzene rings is 2. The summed E-state index contributed by atoms with van der Waals surface area (Å²) >= 11 is 0. The van der Waals surface area contributed by atoms with Crippen LogP contribution in [0.4, 0.5) is 5.69 Å². The molecule has 0 saturated carbocycles. The Kier molecular flexibility index (Phi) is 8.79. The summed E-state index contributed by atoms with van der Waals surface area (Å²) in [5, 5.41) is 0. The molecule has 0 aliphatic carbocycles. The van der Waals surface area contributed by atoms with Crippen LogP contribution in [-0.2, 0) is 22.5 Å². The molecule has 0 bridgehead atoms. The molecule has 2 aromatic carbocycles. The van der Waals surface area contributed by atoms with Crippen molar-refractivity contribution < 1.29 is 23.8 Å². The molecule has 0 atom stereocenters. The first-order valence-corrected chi connectivity index (χ1v) is 15.3. The fourth-order valence-corrected chi connectivity index (χ4v) is 6.39. The van der Waals surface area contributed by atoms with Gasteiger partial charge < -0.3 is 24.0 Å². The first-order valence-electron chi connectivity index (χ1n) is 15.3. The number of likely N-dealkylation sites (tertiary alicyclic amines) is 2. The third-order valence-electron chi connectivity index (χ3n) is 8.95. The Balaban J connectivity index is 0.996. The van der Waals surface area contributed by atoms with Crippen molar-refractivity contribution in [3.8, 4) is 11.5 Å². The highest BCUT2D eigenvalue weighted by molar-refractivity contribution is 5.97. The Morgan fingerprint density at radius 3 is 2.56 bits per heavy atom. The van der Waals surface area contributed by atoms with Crippen molar-refractivity contribution in [1.29, 1.82) is 0 Å². The minimum absolute atomic E-state index is 0.0893. The Hall–Kier alpha value is -4.11. The van der Waals surface area contributed by atoms with Crippen LogP contribution < -0.4 is 14.4 Å². The predicted molar refractivity (Wildman–Crippen MR) is 163 cm³/mol. The molecule has 9 heteroatoms. The predicted octanol–water partition coefficient (Wildman–Crippen LogP) is 4.61. The van der Waals surface area contributed by atoms with Crippen molar-refractivity contribution in [2.24, 2.45) is 0 Å². The second kappa shape index (κ2) is 13.0. The standard InChI is InChI=1S/C34H40N4O5/c1-24-6-5-15-35-30(24)22-36-16-13-27(14-17-36)43-28-10-9-25(32(21-28)41-2)20-33(39)37-18-11-26(12-19-37)38-23-42-34(40)29-7-3-4-8-31(29)38/h3-10,15,21,26-27H,11-14,16-20,22-23H2,1-2H3. The molecular weight excluding hydrogens is 544 g/mol. The molecule has 2 fully saturated rings. The van der Waals surface area contributed by atoms with Crippen LogP contribution in [-0.4, -0.2) is 78.8 Å². The number of carbonyl (C=O) groups excluding carboxylic acids is 2. The topological polar surface area (TPSA) is 84.4 Å². The number of amides is 1. The van der Waals surface area contributed by atoms with Crippen molar-refractivity contribution in [2.45, 2.75) is 57.7 Å². The number of cyclic esters (lactones) is 1. The number of ether oxygens (including phenoxy) is 3. The normalized spacial score (nSPS) is 18.2.